The number of hydrogen-bond donors (Lipinski definition) is 2. The third kappa shape index (κ3) is 3.99. The van der Waals surface area contributed by atoms with Gasteiger partial charge >= 0.3 is 10.1 Å². The maximum Gasteiger partial charge on any atom is 0.313 e. The monoisotopic (exact) mass is 415 g/mol. The van der Waals surface area contributed by atoms with Crippen LogP contribution in [-0.2, 0) is 15.9 Å². The predicted molar refractivity (Wildman–Crippen MR) is 94.8 cm³/mol. The Morgan fingerprint density at radius 1 is 1.15 bits per heavy atom. The molecule has 6 nitrogen and oxygen atoms in total. The first-order valence-corrected chi connectivity index (χ1v) is 9.35. The van der Waals surface area contributed by atoms with E-state index in [-0.39, 0.29) is 5.76 Å². The quantitative estimate of drug-likeness (QED) is 0.609. The van der Waals surface area contributed by atoms with Crippen LogP contribution in [-0.4, -0.2) is 13.5 Å². The molecule has 0 unspecified atom stereocenters. The van der Waals surface area contributed by atoms with Crippen molar-refractivity contribution in [2.24, 2.45) is 0 Å². The van der Waals surface area contributed by atoms with E-state index < -0.39 is 50.5 Å². The Kier molecular flexibility index (Phi) is 4.99. The van der Waals surface area contributed by atoms with E-state index in [1.165, 1.54) is 24.3 Å². The predicted octanol–water partition coefficient (Wildman–Crippen LogP) is 4.07. The average molecular weight is 416 g/mol. The van der Waals surface area contributed by atoms with E-state index in [1.54, 1.807) is 0 Å². The topological polar surface area (TPSA) is 103 Å². The molecular formula is C17H12ClF2NO5S. The molecule has 0 aliphatic heterocycles. The van der Waals surface area contributed by atoms with Gasteiger partial charge in [0.25, 0.3) is 0 Å². The van der Waals surface area contributed by atoms with E-state index in [0.717, 1.165) is 18.2 Å². The summed E-state index contributed by atoms with van der Waals surface area (Å²) in [4.78, 5) is 0. The second-order valence-corrected chi connectivity index (χ2v) is 7.49. The molecule has 0 bridgehead atoms. The van der Waals surface area contributed by atoms with Crippen LogP contribution in [0.25, 0.3) is 11.3 Å². The van der Waals surface area contributed by atoms with Gasteiger partial charge < -0.3 is 19.4 Å². The maximum atomic E-state index is 13.7. The van der Waals surface area contributed by atoms with Gasteiger partial charge in [0, 0.05) is 16.1 Å². The number of rotatable bonds is 5. The van der Waals surface area contributed by atoms with E-state index >= 15 is 0 Å². The molecule has 0 spiro atoms. The van der Waals surface area contributed by atoms with Crippen molar-refractivity contribution in [3.8, 4) is 22.8 Å². The lowest BCUT2D eigenvalue weighted by atomic mass is 10.1. The van der Waals surface area contributed by atoms with Gasteiger partial charge in [0.1, 0.15) is 5.75 Å². The van der Waals surface area contributed by atoms with Crippen molar-refractivity contribution in [2.75, 3.05) is 5.73 Å². The first-order valence-electron chi connectivity index (χ1n) is 7.40. The largest absolute Gasteiger partial charge is 0.501 e. The fraction of sp³-hybridized carbons (Fsp3) is 0.0588. The number of nitrogens with two attached hydrogens (primary N) is 1. The van der Waals surface area contributed by atoms with Gasteiger partial charge in [-0.1, -0.05) is 23.7 Å². The third-order valence-electron chi connectivity index (χ3n) is 3.55. The highest BCUT2D eigenvalue weighted by atomic mass is 35.5. The van der Waals surface area contributed by atoms with Crippen LogP contribution in [0.1, 0.15) is 5.56 Å². The molecule has 142 valence electrons. The van der Waals surface area contributed by atoms with E-state index in [1.807, 2.05) is 0 Å². The van der Waals surface area contributed by atoms with Gasteiger partial charge in [-0.2, -0.15) is 8.42 Å². The van der Waals surface area contributed by atoms with E-state index in [9.17, 15) is 22.3 Å². The molecule has 0 aliphatic carbocycles. The number of halogens is 3. The zero-order valence-corrected chi connectivity index (χ0v) is 15.0. The number of benzene rings is 2. The lowest BCUT2D eigenvalue weighted by molar-refractivity contribution is 0.431. The summed E-state index contributed by atoms with van der Waals surface area (Å²) in [5.74, 6) is -5.41. The number of hydrogen-bond acceptors (Lipinski definition) is 6. The van der Waals surface area contributed by atoms with Crippen LogP contribution in [0.3, 0.4) is 0 Å². The minimum absolute atomic E-state index is 0.133. The summed E-state index contributed by atoms with van der Waals surface area (Å²) in [6.45, 7) is 0. The summed E-state index contributed by atoms with van der Waals surface area (Å²) in [6, 6.07) is 9.19. The highest BCUT2D eigenvalue weighted by molar-refractivity contribution is 7.86. The van der Waals surface area contributed by atoms with Crippen molar-refractivity contribution in [2.45, 2.75) is 5.75 Å². The van der Waals surface area contributed by atoms with Crippen molar-refractivity contribution in [3.63, 3.8) is 0 Å². The lowest BCUT2D eigenvalue weighted by Gasteiger charge is -2.07. The highest BCUT2D eigenvalue weighted by Crippen LogP contribution is 2.45. The molecular weight excluding hydrogens is 404 g/mol. The number of aromatic hydroxyl groups is 1. The van der Waals surface area contributed by atoms with Crippen LogP contribution in [0.5, 0.6) is 11.5 Å². The summed E-state index contributed by atoms with van der Waals surface area (Å²) >= 11 is 5.78. The van der Waals surface area contributed by atoms with E-state index in [2.05, 4.69) is 0 Å². The van der Waals surface area contributed by atoms with Crippen LogP contribution in [0.2, 0.25) is 5.02 Å². The van der Waals surface area contributed by atoms with Crippen molar-refractivity contribution < 1.29 is 30.9 Å². The average Bonchev–Trinajstić information content (AvgIpc) is 2.87. The molecule has 1 aromatic heterocycles. The van der Waals surface area contributed by atoms with Crippen molar-refractivity contribution >= 4 is 27.6 Å². The first kappa shape index (κ1) is 19.0. The van der Waals surface area contributed by atoms with Crippen LogP contribution >= 0.6 is 11.6 Å². The van der Waals surface area contributed by atoms with Gasteiger partial charge in [-0.15, -0.1) is 0 Å². The molecule has 3 N–H and O–H groups in total. The van der Waals surface area contributed by atoms with Crippen LogP contribution in [0.15, 0.2) is 46.9 Å². The SMILES string of the molecule is Nc1oc(-c2ccc(Cl)cc2)c(O)c1OS(=O)(=O)Cc1cccc(F)c1F. The summed E-state index contributed by atoms with van der Waals surface area (Å²) < 4.78 is 61.3. The van der Waals surface area contributed by atoms with E-state index in [4.69, 9.17) is 25.9 Å². The Hall–Kier alpha value is -2.78. The minimum Gasteiger partial charge on any atom is -0.501 e. The summed E-state index contributed by atoms with van der Waals surface area (Å²) in [6.07, 6.45) is 0. The molecule has 10 heteroatoms. The summed E-state index contributed by atoms with van der Waals surface area (Å²) in [5, 5.41) is 10.7. The molecule has 1 heterocycles. The van der Waals surface area contributed by atoms with Gasteiger partial charge in [0.2, 0.25) is 17.4 Å². The lowest BCUT2D eigenvalue weighted by Crippen LogP contribution is -2.14. The molecule has 2 aromatic carbocycles. The van der Waals surface area contributed by atoms with Crippen LogP contribution < -0.4 is 9.92 Å². The number of nitrogen functional groups attached to an aromatic ring is 1. The summed E-state index contributed by atoms with van der Waals surface area (Å²) in [7, 11) is -4.48. The zero-order chi connectivity index (χ0) is 19.8. The van der Waals surface area contributed by atoms with Crippen LogP contribution in [0, 0.1) is 11.6 Å². The highest BCUT2D eigenvalue weighted by Gasteiger charge is 2.27. The van der Waals surface area contributed by atoms with Gasteiger partial charge in [0.15, 0.2) is 17.4 Å². The molecule has 0 saturated heterocycles. The maximum absolute atomic E-state index is 13.7. The second-order valence-electron chi connectivity index (χ2n) is 5.48. The molecule has 0 fully saturated rings. The Morgan fingerprint density at radius 2 is 1.81 bits per heavy atom. The Morgan fingerprint density at radius 3 is 2.48 bits per heavy atom. The third-order valence-corrected chi connectivity index (χ3v) is 4.88. The molecule has 0 saturated carbocycles. The van der Waals surface area contributed by atoms with Gasteiger partial charge in [-0.3, -0.25) is 0 Å². The second kappa shape index (κ2) is 7.09. The Labute approximate surface area is 157 Å². The van der Waals surface area contributed by atoms with Crippen LogP contribution in [0.4, 0.5) is 14.7 Å². The van der Waals surface area contributed by atoms with Crippen molar-refractivity contribution in [1.29, 1.82) is 0 Å². The van der Waals surface area contributed by atoms with Gasteiger partial charge in [-0.25, -0.2) is 8.78 Å². The minimum atomic E-state index is -4.48. The molecule has 0 radical (unpaired) electrons. The van der Waals surface area contributed by atoms with Crippen molar-refractivity contribution in [1.82, 2.24) is 0 Å². The number of furan rings is 1. The fourth-order valence-corrected chi connectivity index (χ4v) is 3.51. The Balaban J connectivity index is 1.91. The molecule has 0 amide bonds. The van der Waals surface area contributed by atoms with Gasteiger partial charge in [-0.05, 0) is 30.3 Å². The van der Waals surface area contributed by atoms with Crippen molar-refractivity contribution in [3.05, 3.63) is 64.7 Å². The molecule has 0 aliphatic rings. The molecule has 3 aromatic rings. The zero-order valence-electron chi connectivity index (χ0n) is 13.4. The first-order chi connectivity index (χ1) is 12.7. The number of anilines is 1. The molecule has 0 atom stereocenters. The van der Waals surface area contributed by atoms with E-state index in [0.29, 0.717) is 10.6 Å². The molecule has 3 rings (SSSR count). The normalized spacial score (nSPS) is 11.5. The van der Waals surface area contributed by atoms with Gasteiger partial charge in [0.05, 0.1) is 0 Å². The smallest absolute Gasteiger partial charge is 0.313 e. The standard InChI is InChI=1S/C17H12ClF2NO5S/c18-11-6-4-9(5-7-11)15-14(22)16(17(21)25-15)26-27(23,24)8-10-2-1-3-12(19)13(10)20/h1-7,22H,8,21H2. The Bertz CT molecular complexity index is 1100. The fourth-order valence-electron chi connectivity index (χ4n) is 2.31. The molecule has 27 heavy (non-hydrogen) atoms. The summed E-state index contributed by atoms with van der Waals surface area (Å²) in [5.41, 5.74) is 5.52.